The first-order chi connectivity index (χ1) is 6.65. The quantitative estimate of drug-likeness (QED) is 0.850. The summed E-state index contributed by atoms with van der Waals surface area (Å²) >= 11 is 11.7. The molecular weight excluding hydrogens is 223 g/mol. The van der Waals surface area contributed by atoms with E-state index in [0.29, 0.717) is 28.6 Å². The summed E-state index contributed by atoms with van der Waals surface area (Å²) in [6.07, 6.45) is 1.19. The zero-order valence-electron chi connectivity index (χ0n) is 7.41. The van der Waals surface area contributed by atoms with Crippen molar-refractivity contribution in [3.63, 3.8) is 0 Å². The zero-order valence-corrected chi connectivity index (χ0v) is 8.92. The summed E-state index contributed by atoms with van der Waals surface area (Å²) in [6, 6.07) is 5.11. The van der Waals surface area contributed by atoms with E-state index in [1.807, 2.05) is 0 Å². The largest absolute Gasteiger partial charge is 0.489 e. The molecule has 1 aromatic rings. The van der Waals surface area contributed by atoms with E-state index in [1.165, 1.54) is 0 Å². The van der Waals surface area contributed by atoms with Crippen LogP contribution in [0.5, 0.6) is 5.75 Å². The lowest BCUT2D eigenvalue weighted by atomic mass is 9.92. The maximum absolute atomic E-state index is 9.08. The minimum absolute atomic E-state index is 0.0703. The van der Waals surface area contributed by atoms with Crippen molar-refractivity contribution in [3.8, 4) is 5.75 Å². The Kier molecular flexibility index (Phi) is 2.86. The van der Waals surface area contributed by atoms with Crippen molar-refractivity contribution in [2.75, 3.05) is 0 Å². The van der Waals surface area contributed by atoms with Crippen molar-refractivity contribution in [1.82, 2.24) is 0 Å². The monoisotopic (exact) mass is 232 g/mol. The Hall–Kier alpha value is -0.440. The summed E-state index contributed by atoms with van der Waals surface area (Å²) in [5, 5.41) is 10.2. The highest BCUT2D eigenvalue weighted by atomic mass is 35.5. The van der Waals surface area contributed by atoms with E-state index in [4.69, 9.17) is 33.0 Å². The van der Waals surface area contributed by atoms with Gasteiger partial charge < -0.3 is 9.84 Å². The number of ether oxygens (including phenoxy) is 1. The number of halogens is 2. The van der Waals surface area contributed by atoms with Gasteiger partial charge in [-0.2, -0.15) is 0 Å². The van der Waals surface area contributed by atoms with E-state index in [0.717, 1.165) is 0 Å². The molecule has 0 saturated heterocycles. The zero-order chi connectivity index (χ0) is 10.1. The average molecular weight is 233 g/mol. The third-order valence-corrected chi connectivity index (χ3v) is 2.80. The molecule has 76 valence electrons. The van der Waals surface area contributed by atoms with E-state index in [1.54, 1.807) is 18.2 Å². The number of benzene rings is 1. The lowest BCUT2D eigenvalue weighted by molar-refractivity contribution is -0.0107. The van der Waals surface area contributed by atoms with Crippen molar-refractivity contribution in [2.45, 2.75) is 25.0 Å². The standard InChI is InChI=1S/C10H10Cl2O2/c11-6-1-2-9(12)10(3-6)14-8-4-7(13)5-8/h1-3,7-8,13H,4-5H2. The third kappa shape index (κ3) is 2.14. The van der Waals surface area contributed by atoms with Gasteiger partial charge in [0, 0.05) is 23.9 Å². The minimum Gasteiger partial charge on any atom is -0.489 e. The molecule has 0 amide bonds. The maximum atomic E-state index is 9.08. The smallest absolute Gasteiger partial charge is 0.139 e. The van der Waals surface area contributed by atoms with Gasteiger partial charge in [0.15, 0.2) is 0 Å². The van der Waals surface area contributed by atoms with Crippen molar-refractivity contribution in [2.24, 2.45) is 0 Å². The van der Waals surface area contributed by atoms with Crippen molar-refractivity contribution in [3.05, 3.63) is 28.2 Å². The van der Waals surface area contributed by atoms with Crippen molar-refractivity contribution < 1.29 is 9.84 Å². The van der Waals surface area contributed by atoms with Gasteiger partial charge in [0.05, 0.1) is 11.1 Å². The Morgan fingerprint density at radius 1 is 1.29 bits per heavy atom. The highest BCUT2D eigenvalue weighted by Gasteiger charge is 2.29. The molecule has 2 rings (SSSR count). The van der Waals surface area contributed by atoms with E-state index >= 15 is 0 Å². The van der Waals surface area contributed by atoms with Crippen LogP contribution in [0.1, 0.15) is 12.8 Å². The molecule has 0 heterocycles. The number of hydrogen-bond acceptors (Lipinski definition) is 2. The topological polar surface area (TPSA) is 29.5 Å². The van der Waals surface area contributed by atoms with E-state index in [-0.39, 0.29) is 12.2 Å². The molecule has 4 heteroatoms. The van der Waals surface area contributed by atoms with Crippen molar-refractivity contribution >= 4 is 23.2 Å². The number of hydrogen-bond donors (Lipinski definition) is 1. The molecule has 0 spiro atoms. The van der Waals surface area contributed by atoms with Crippen LogP contribution < -0.4 is 4.74 Å². The first kappa shape index (κ1) is 10.1. The summed E-state index contributed by atoms with van der Waals surface area (Å²) in [6.45, 7) is 0. The Morgan fingerprint density at radius 2 is 2.00 bits per heavy atom. The summed E-state index contributed by atoms with van der Waals surface area (Å²) in [5.41, 5.74) is 0. The van der Waals surface area contributed by atoms with Crippen LogP contribution >= 0.6 is 23.2 Å². The highest BCUT2D eigenvalue weighted by molar-refractivity contribution is 6.34. The van der Waals surface area contributed by atoms with Crippen LogP contribution in [0.25, 0.3) is 0 Å². The van der Waals surface area contributed by atoms with Gasteiger partial charge in [-0.05, 0) is 12.1 Å². The van der Waals surface area contributed by atoms with Crippen LogP contribution in [0.2, 0.25) is 10.0 Å². The molecular formula is C10H10Cl2O2. The predicted molar refractivity (Wildman–Crippen MR) is 56.1 cm³/mol. The van der Waals surface area contributed by atoms with Crippen LogP contribution in [0.15, 0.2) is 18.2 Å². The van der Waals surface area contributed by atoms with Crippen LogP contribution in [0, 0.1) is 0 Å². The van der Waals surface area contributed by atoms with Crippen LogP contribution in [-0.4, -0.2) is 17.3 Å². The van der Waals surface area contributed by atoms with Crippen LogP contribution in [0.4, 0.5) is 0 Å². The lowest BCUT2D eigenvalue weighted by Crippen LogP contribution is -2.37. The summed E-state index contributed by atoms with van der Waals surface area (Å²) < 4.78 is 5.56. The molecule has 14 heavy (non-hydrogen) atoms. The lowest BCUT2D eigenvalue weighted by Gasteiger charge is -2.31. The molecule has 0 unspecified atom stereocenters. The van der Waals surface area contributed by atoms with Gasteiger partial charge >= 0.3 is 0 Å². The average Bonchev–Trinajstić information content (AvgIpc) is 2.09. The van der Waals surface area contributed by atoms with Gasteiger partial charge in [-0.25, -0.2) is 0 Å². The first-order valence-corrected chi connectivity index (χ1v) is 5.20. The summed E-state index contributed by atoms with van der Waals surface area (Å²) in [5.74, 6) is 0.594. The molecule has 0 aromatic heterocycles. The Balaban J connectivity index is 2.05. The fourth-order valence-electron chi connectivity index (χ4n) is 1.38. The summed E-state index contributed by atoms with van der Waals surface area (Å²) in [7, 11) is 0. The minimum atomic E-state index is -0.224. The van der Waals surface area contributed by atoms with Gasteiger partial charge in [0.25, 0.3) is 0 Å². The van der Waals surface area contributed by atoms with Gasteiger partial charge in [-0.1, -0.05) is 23.2 Å². The Morgan fingerprint density at radius 3 is 2.64 bits per heavy atom. The molecule has 1 aliphatic rings. The molecule has 0 bridgehead atoms. The van der Waals surface area contributed by atoms with Gasteiger partial charge in [0.1, 0.15) is 11.9 Å². The van der Waals surface area contributed by atoms with E-state index in [2.05, 4.69) is 0 Å². The molecule has 2 nitrogen and oxygen atoms in total. The molecule has 0 radical (unpaired) electrons. The Bertz CT molecular complexity index is 335. The SMILES string of the molecule is OC1CC(Oc2cc(Cl)ccc2Cl)C1. The van der Waals surface area contributed by atoms with Gasteiger partial charge in [0.2, 0.25) is 0 Å². The number of aliphatic hydroxyl groups is 1. The fraction of sp³-hybridized carbons (Fsp3) is 0.400. The molecule has 1 N–H and O–H groups in total. The Labute approximate surface area is 92.4 Å². The second kappa shape index (κ2) is 3.97. The van der Waals surface area contributed by atoms with Crippen LogP contribution in [0.3, 0.4) is 0 Å². The first-order valence-electron chi connectivity index (χ1n) is 4.45. The second-order valence-electron chi connectivity index (χ2n) is 3.44. The fourth-order valence-corrected chi connectivity index (χ4v) is 1.71. The normalized spacial score (nSPS) is 25.6. The molecule has 1 saturated carbocycles. The van der Waals surface area contributed by atoms with E-state index < -0.39 is 0 Å². The molecule has 0 aliphatic heterocycles. The maximum Gasteiger partial charge on any atom is 0.139 e. The second-order valence-corrected chi connectivity index (χ2v) is 4.28. The molecule has 0 atom stereocenters. The highest BCUT2D eigenvalue weighted by Crippen LogP contribution is 2.32. The number of aliphatic hydroxyl groups excluding tert-OH is 1. The summed E-state index contributed by atoms with van der Waals surface area (Å²) in [4.78, 5) is 0. The molecule has 1 fully saturated rings. The van der Waals surface area contributed by atoms with Crippen LogP contribution in [-0.2, 0) is 0 Å². The van der Waals surface area contributed by atoms with Gasteiger partial charge in [-0.3, -0.25) is 0 Å². The van der Waals surface area contributed by atoms with E-state index in [9.17, 15) is 0 Å². The predicted octanol–water partition coefficient (Wildman–Crippen LogP) is 2.90. The van der Waals surface area contributed by atoms with Crippen molar-refractivity contribution in [1.29, 1.82) is 0 Å². The molecule has 1 aromatic carbocycles. The molecule has 1 aliphatic carbocycles. The number of rotatable bonds is 2. The van der Waals surface area contributed by atoms with Gasteiger partial charge in [-0.15, -0.1) is 0 Å². The third-order valence-electron chi connectivity index (χ3n) is 2.26.